The van der Waals surface area contributed by atoms with Gasteiger partial charge in [0, 0.05) is 31.0 Å². The molecule has 3 aromatic rings. The Morgan fingerprint density at radius 1 is 0.878 bits per heavy atom. The van der Waals surface area contributed by atoms with Gasteiger partial charge in [-0.1, -0.05) is 54.6 Å². The fraction of sp³-hybridized carbons (Fsp3) is 0.389. The average Bonchev–Trinajstić information content (AvgIpc) is 3.05. The second kappa shape index (κ2) is 11.7. The lowest BCUT2D eigenvalue weighted by molar-refractivity contribution is 0.154. The van der Waals surface area contributed by atoms with E-state index < -0.39 is 0 Å². The van der Waals surface area contributed by atoms with Gasteiger partial charge in [-0.2, -0.15) is 0 Å². The summed E-state index contributed by atoms with van der Waals surface area (Å²) in [7, 11) is 0. The maximum atomic E-state index is 6.19. The van der Waals surface area contributed by atoms with Gasteiger partial charge >= 0.3 is 0 Å². The molecule has 2 fully saturated rings. The predicted octanol–water partition coefficient (Wildman–Crippen LogP) is 7.05. The third-order valence-electron chi connectivity index (χ3n) is 9.58. The molecule has 2 aromatic carbocycles. The number of hydrogen-bond acceptors (Lipinski definition) is 5. The normalized spacial score (nSPS) is 20.1. The van der Waals surface area contributed by atoms with E-state index in [9.17, 15) is 0 Å². The Kier molecular flexibility index (Phi) is 7.45. The van der Waals surface area contributed by atoms with Crippen molar-refractivity contribution in [2.24, 2.45) is 5.41 Å². The van der Waals surface area contributed by atoms with Crippen LogP contribution in [-0.2, 0) is 13.0 Å². The molecule has 0 saturated carbocycles. The van der Waals surface area contributed by atoms with E-state index in [0.29, 0.717) is 12.0 Å². The fourth-order valence-corrected chi connectivity index (χ4v) is 7.11. The van der Waals surface area contributed by atoms with Gasteiger partial charge in [0.25, 0.3) is 0 Å². The van der Waals surface area contributed by atoms with E-state index in [0.717, 1.165) is 69.1 Å². The Labute approximate surface area is 244 Å². The van der Waals surface area contributed by atoms with Crippen LogP contribution in [0.15, 0.2) is 90.3 Å². The molecule has 5 nitrogen and oxygen atoms in total. The molecule has 0 bridgehead atoms. The van der Waals surface area contributed by atoms with Crippen LogP contribution in [0.4, 0.5) is 5.95 Å². The lowest BCUT2D eigenvalue weighted by Crippen LogP contribution is -2.46. The third-order valence-corrected chi connectivity index (χ3v) is 9.58. The Balaban J connectivity index is 1.15. The van der Waals surface area contributed by atoms with Crippen molar-refractivity contribution >= 4 is 11.5 Å². The maximum Gasteiger partial charge on any atom is 0.225 e. The first-order valence-corrected chi connectivity index (χ1v) is 15.4. The second-order valence-electron chi connectivity index (χ2n) is 12.1. The molecule has 4 aliphatic rings. The molecular weight excluding hydrogens is 504 g/mol. The molecule has 0 unspecified atom stereocenters. The molecule has 210 valence electrons. The molecule has 0 radical (unpaired) electrons. The first-order chi connectivity index (χ1) is 20.3. The van der Waals surface area contributed by atoms with Crippen LogP contribution >= 0.6 is 0 Å². The van der Waals surface area contributed by atoms with Gasteiger partial charge in [0.1, 0.15) is 12.4 Å². The van der Waals surface area contributed by atoms with Crippen LogP contribution in [0.2, 0.25) is 0 Å². The minimum atomic E-state index is 0.526. The highest BCUT2D eigenvalue weighted by Gasteiger charge is 2.36. The first-order valence-electron chi connectivity index (χ1n) is 15.4. The number of nitrogens with one attached hydrogen (secondary N) is 1. The average molecular weight is 545 g/mol. The van der Waals surface area contributed by atoms with Crippen LogP contribution in [0.1, 0.15) is 67.2 Å². The lowest BCUT2D eigenvalue weighted by atomic mass is 9.72. The molecule has 1 aromatic heterocycles. The Morgan fingerprint density at radius 2 is 1.68 bits per heavy atom. The maximum absolute atomic E-state index is 6.19. The number of allylic oxidation sites excluding steroid dienone is 5. The van der Waals surface area contributed by atoms with Crippen LogP contribution in [0.5, 0.6) is 5.75 Å². The Bertz CT molecular complexity index is 1460. The minimum absolute atomic E-state index is 0.526. The molecule has 1 N–H and O–H groups in total. The molecule has 5 heteroatoms. The number of fused-ring (bicyclic) bond motifs is 1. The molecule has 2 aliphatic carbocycles. The van der Waals surface area contributed by atoms with Crippen LogP contribution in [0, 0.1) is 5.41 Å². The quantitative estimate of drug-likeness (QED) is 0.360. The number of ether oxygens (including phenoxy) is 1. The Hall–Kier alpha value is -3.70. The first kappa shape index (κ1) is 26.2. The van der Waals surface area contributed by atoms with Gasteiger partial charge < -0.3 is 15.0 Å². The van der Waals surface area contributed by atoms with Crippen molar-refractivity contribution in [3.63, 3.8) is 0 Å². The largest absolute Gasteiger partial charge is 0.489 e. The van der Waals surface area contributed by atoms with Gasteiger partial charge in [-0.3, -0.25) is 0 Å². The number of benzene rings is 2. The molecule has 2 saturated heterocycles. The summed E-state index contributed by atoms with van der Waals surface area (Å²) in [5.74, 6) is 1.80. The summed E-state index contributed by atoms with van der Waals surface area (Å²) in [4.78, 5) is 12.3. The zero-order valence-electron chi connectivity index (χ0n) is 23.9. The minimum Gasteiger partial charge on any atom is -0.489 e. The van der Waals surface area contributed by atoms with E-state index >= 15 is 0 Å². The van der Waals surface area contributed by atoms with Gasteiger partial charge in [-0.25, -0.2) is 9.97 Å². The van der Waals surface area contributed by atoms with Crippen molar-refractivity contribution < 1.29 is 4.74 Å². The van der Waals surface area contributed by atoms with E-state index in [4.69, 9.17) is 14.7 Å². The van der Waals surface area contributed by atoms with E-state index in [-0.39, 0.29) is 0 Å². The molecule has 2 aliphatic heterocycles. The van der Waals surface area contributed by atoms with Crippen LogP contribution < -0.4 is 15.0 Å². The fourth-order valence-electron chi connectivity index (χ4n) is 7.11. The van der Waals surface area contributed by atoms with Gasteiger partial charge in [0.2, 0.25) is 5.95 Å². The summed E-state index contributed by atoms with van der Waals surface area (Å²) in [5.41, 5.74) is 9.47. The van der Waals surface area contributed by atoms with Gasteiger partial charge in [0.05, 0.1) is 0 Å². The molecule has 1 spiro atoms. The van der Waals surface area contributed by atoms with Crippen molar-refractivity contribution in [1.82, 2.24) is 15.3 Å². The van der Waals surface area contributed by atoms with Crippen LogP contribution in [0.25, 0.3) is 5.57 Å². The van der Waals surface area contributed by atoms with Gasteiger partial charge in [-0.05, 0) is 115 Å². The molecular formula is C36H40N4O. The van der Waals surface area contributed by atoms with E-state index in [1.807, 2.05) is 6.07 Å². The second-order valence-corrected chi connectivity index (χ2v) is 12.1. The van der Waals surface area contributed by atoms with Crippen LogP contribution in [-0.4, -0.2) is 36.1 Å². The number of piperidine rings is 2. The van der Waals surface area contributed by atoms with Crippen molar-refractivity contribution in [2.45, 2.75) is 58.0 Å². The molecule has 41 heavy (non-hydrogen) atoms. The zero-order chi connectivity index (χ0) is 27.5. The Morgan fingerprint density at radius 3 is 2.44 bits per heavy atom. The van der Waals surface area contributed by atoms with E-state index in [1.165, 1.54) is 59.1 Å². The van der Waals surface area contributed by atoms with E-state index in [1.54, 1.807) is 0 Å². The lowest BCUT2D eigenvalue weighted by Gasteiger charge is -2.44. The van der Waals surface area contributed by atoms with Crippen molar-refractivity contribution in [3.8, 4) is 5.75 Å². The number of hydrogen-bond donors (Lipinski definition) is 1. The van der Waals surface area contributed by atoms with E-state index in [2.05, 4.69) is 83.3 Å². The van der Waals surface area contributed by atoms with Crippen LogP contribution in [0.3, 0.4) is 0 Å². The summed E-state index contributed by atoms with van der Waals surface area (Å²) in [6, 6.07) is 17.0. The molecule has 3 heterocycles. The number of aryl methyl sites for hydroxylation is 1. The van der Waals surface area contributed by atoms with Gasteiger partial charge in [0.15, 0.2) is 0 Å². The van der Waals surface area contributed by atoms with Crippen molar-refractivity contribution in [3.05, 3.63) is 113 Å². The zero-order valence-corrected chi connectivity index (χ0v) is 23.9. The van der Waals surface area contributed by atoms with Crippen molar-refractivity contribution in [1.29, 1.82) is 0 Å². The third kappa shape index (κ3) is 5.60. The summed E-state index contributed by atoms with van der Waals surface area (Å²) < 4.78 is 6.19. The summed E-state index contributed by atoms with van der Waals surface area (Å²) in [6.07, 6.45) is 20.5. The van der Waals surface area contributed by atoms with Gasteiger partial charge in [-0.15, -0.1) is 0 Å². The molecule has 0 amide bonds. The predicted molar refractivity (Wildman–Crippen MR) is 166 cm³/mol. The standard InChI is InChI=1S/C36H40N4O/c1-3-7-27(8-4-1)26-41-31-12-14-33-29(23-31)11-13-32(28-9-5-2-6-10-28)34(33)30-24-38-35(39-25-30)40-21-17-36(18-22-40)15-19-37-20-16-36/h1,3-5,7-10,12,14,23-25,37H,2,6,11,13,15-22,26H2. The highest BCUT2D eigenvalue weighted by Crippen LogP contribution is 2.42. The summed E-state index contributed by atoms with van der Waals surface area (Å²) in [6.45, 7) is 5.01. The number of nitrogens with zero attached hydrogens (tertiary/aromatic N) is 3. The summed E-state index contributed by atoms with van der Waals surface area (Å²) in [5, 5.41) is 3.53. The molecule has 0 atom stereocenters. The number of aromatic nitrogens is 2. The monoisotopic (exact) mass is 544 g/mol. The topological polar surface area (TPSA) is 50.3 Å². The smallest absolute Gasteiger partial charge is 0.225 e. The SMILES string of the molecule is C1=CC(C2=C(c3cnc(N4CCC5(CCNCC5)CC4)nc3)c3ccc(OCc4ccccc4)cc3CC2)=CCC1. The number of rotatable bonds is 6. The summed E-state index contributed by atoms with van der Waals surface area (Å²) >= 11 is 0. The highest BCUT2D eigenvalue weighted by atomic mass is 16.5. The number of anilines is 1. The molecule has 7 rings (SSSR count). The van der Waals surface area contributed by atoms with Crippen molar-refractivity contribution in [2.75, 3.05) is 31.1 Å². The highest BCUT2D eigenvalue weighted by molar-refractivity contribution is 5.87.